The molecule has 0 saturated heterocycles. The summed E-state index contributed by atoms with van der Waals surface area (Å²) in [6.45, 7) is 2.06. The van der Waals surface area contributed by atoms with E-state index < -0.39 is 9.84 Å². The predicted molar refractivity (Wildman–Crippen MR) is 120 cm³/mol. The van der Waals surface area contributed by atoms with E-state index in [2.05, 4.69) is 30.8 Å². The molecule has 31 heavy (non-hydrogen) atoms. The maximum absolute atomic E-state index is 12.6. The Bertz CT molecular complexity index is 1320. The Hall–Kier alpha value is -3.50. The molecule has 0 fully saturated rings. The Morgan fingerprint density at radius 2 is 1.94 bits per heavy atom. The number of nitrogens with one attached hydrogen (secondary N) is 3. The number of para-hydroxylation sites is 1. The Balaban J connectivity index is 1.56. The number of hydrogen-bond donors (Lipinski definition) is 3. The average molecular weight is 439 g/mol. The van der Waals surface area contributed by atoms with Crippen LogP contribution in [-0.4, -0.2) is 48.1 Å². The van der Waals surface area contributed by atoms with Crippen molar-refractivity contribution in [3.63, 3.8) is 0 Å². The first-order chi connectivity index (χ1) is 15.0. The zero-order chi connectivity index (χ0) is 21.8. The lowest BCUT2D eigenvalue weighted by molar-refractivity contribution is 0.217. The molecule has 0 amide bonds. The molecule has 2 aromatic carbocycles. The van der Waals surface area contributed by atoms with Crippen molar-refractivity contribution in [1.82, 2.24) is 20.2 Å². The smallest absolute Gasteiger partial charge is 0.229 e. The first kappa shape index (κ1) is 20.8. The van der Waals surface area contributed by atoms with Gasteiger partial charge in [-0.2, -0.15) is 10.1 Å². The number of H-pyrrole nitrogens is 1. The summed E-state index contributed by atoms with van der Waals surface area (Å²) >= 11 is 0. The van der Waals surface area contributed by atoms with E-state index in [9.17, 15) is 8.42 Å². The molecule has 4 rings (SSSR count). The van der Waals surface area contributed by atoms with Crippen LogP contribution < -0.4 is 10.6 Å². The molecule has 0 aliphatic rings. The number of aryl methyl sites for hydroxylation is 1. The van der Waals surface area contributed by atoms with Crippen molar-refractivity contribution in [3.05, 3.63) is 60.4 Å². The molecule has 0 saturated carbocycles. The van der Waals surface area contributed by atoms with Crippen LogP contribution in [0.3, 0.4) is 0 Å². The van der Waals surface area contributed by atoms with Gasteiger partial charge < -0.3 is 15.4 Å². The van der Waals surface area contributed by atoms with E-state index in [4.69, 9.17) is 4.74 Å². The summed E-state index contributed by atoms with van der Waals surface area (Å²) < 4.78 is 30.2. The third-order valence-corrected chi connectivity index (χ3v) is 6.44. The molecule has 10 heteroatoms. The number of sulfone groups is 1. The molecule has 4 aromatic rings. The topological polar surface area (TPSA) is 122 Å². The normalized spacial score (nSPS) is 11.5. The molecule has 0 spiro atoms. The second kappa shape index (κ2) is 8.70. The molecule has 2 heterocycles. The van der Waals surface area contributed by atoms with Crippen LogP contribution in [0.25, 0.3) is 10.9 Å². The van der Waals surface area contributed by atoms with E-state index in [-0.39, 0.29) is 23.2 Å². The van der Waals surface area contributed by atoms with Gasteiger partial charge in [0.1, 0.15) is 5.82 Å². The number of aromatic amines is 1. The van der Waals surface area contributed by atoms with Gasteiger partial charge in [0.2, 0.25) is 5.95 Å². The highest BCUT2D eigenvalue weighted by Crippen LogP contribution is 2.26. The number of rotatable bonds is 8. The first-order valence-corrected chi connectivity index (χ1v) is 11.2. The molecule has 3 N–H and O–H groups in total. The molecule has 0 unspecified atom stereocenters. The standard InChI is InChI=1S/C21H22N6O3S/c1-14-16-8-7-15(13-18(16)27-26-14)23-20-9-10-22-21(25-20)24-17-5-3-4-6-19(17)31(28,29)12-11-30-2/h3-10,13H,11-12H2,1-2H3,(H,26,27)(H2,22,23,24,25). The fourth-order valence-corrected chi connectivity index (χ4v) is 4.48. The maximum atomic E-state index is 12.6. The van der Waals surface area contributed by atoms with E-state index in [1.54, 1.807) is 36.5 Å². The van der Waals surface area contributed by atoms with Crippen molar-refractivity contribution in [2.24, 2.45) is 0 Å². The molecular weight excluding hydrogens is 416 g/mol. The monoisotopic (exact) mass is 438 g/mol. The van der Waals surface area contributed by atoms with Crippen molar-refractivity contribution in [3.8, 4) is 0 Å². The maximum Gasteiger partial charge on any atom is 0.229 e. The third kappa shape index (κ3) is 4.65. The fourth-order valence-electron chi connectivity index (χ4n) is 3.14. The predicted octanol–water partition coefficient (Wildman–Crippen LogP) is 3.57. The lowest BCUT2D eigenvalue weighted by Gasteiger charge is -2.12. The van der Waals surface area contributed by atoms with E-state index in [1.165, 1.54) is 7.11 Å². The zero-order valence-corrected chi connectivity index (χ0v) is 17.9. The number of nitrogens with zero attached hydrogens (tertiary/aromatic N) is 3. The van der Waals surface area contributed by atoms with Crippen molar-refractivity contribution in [1.29, 1.82) is 0 Å². The molecule has 0 radical (unpaired) electrons. The molecule has 160 valence electrons. The van der Waals surface area contributed by atoms with Gasteiger partial charge in [-0.3, -0.25) is 5.10 Å². The van der Waals surface area contributed by atoms with Gasteiger partial charge in [-0.1, -0.05) is 12.1 Å². The van der Waals surface area contributed by atoms with E-state index in [1.807, 2.05) is 25.1 Å². The summed E-state index contributed by atoms with van der Waals surface area (Å²) in [5.74, 6) is 0.728. The number of benzene rings is 2. The van der Waals surface area contributed by atoms with Gasteiger partial charge in [-0.05, 0) is 43.3 Å². The van der Waals surface area contributed by atoms with Crippen LogP contribution >= 0.6 is 0 Å². The number of aromatic nitrogens is 4. The second-order valence-corrected chi connectivity index (χ2v) is 8.97. The Morgan fingerprint density at radius 3 is 2.77 bits per heavy atom. The summed E-state index contributed by atoms with van der Waals surface area (Å²) in [5.41, 5.74) is 3.10. The van der Waals surface area contributed by atoms with Crippen LogP contribution in [0.1, 0.15) is 5.69 Å². The fraction of sp³-hybridized carbons (Fsp3) is 0.190. The number of anilines is 4. The van der Waals surface area contributed by atoms with Crippen molar-refractivity contribution < 1.29 is 13.2 Å². The highest BCUT2D eigenvalue weighted by molar-refractivity contribution is 7.91. The minimum atomic E-state index is -3.52. The van der Waals surface area contributed by atoms with Gasteiger partial charge >= 0.3 is 0 Å². The van der Waals surface area contributed by atoms with Crippen LogP contribution in [-0.2, 0) is 14.6 Å². The lowest BCUT2D eigenvalue weighted by atomic mass is 10.2. The average Bonchev–Trinajstić information content (AvgIpc) is 3.13. The van der Waals surface area contributed by atoms with E-state index in [0.717, 1.165) is 22.3 Å². The van der Waals surface area contributed by atoms with Gasteiger partial charge in [0.15, 0.2) is 9.84 Å². The summed E-state index contributed by atoms with van der Waals surface area (Å²) in [6, 6.07) is 14.3. The molecule has 0 aliphatic heterocycles. The van der Waals surface area contributed by atoms with Gasteiger partial charge in [-0.15, -0.1) is 0 Å². The number of hydrogen-bond acceptors (Lipinski definition) is 8. The Morgan fingerprint density at radius 1 is 1.10 bits per heavy atom. The molecular formula is C21H22N6O3S. The molecule has 2 aromatic heterocycles. The summed E-state index contributed by atoms with van der Waals surface area (Å²) in [7, 11) is -2.05. The van der Waals surface area contributed by atoms with Crippen LogP contribution in [0.2, 0.25) is 0 Å². The highest BCUT2D eigenvalue weighted by atomic mass is 32.2. The minimum Gasteiger partial charge on any atom is -0.384 e. The first-order valence-electron chi connectivity index (χ1n) is 9.59. The quantitative estimate of drug-likeness (QED) is 0.382. The molecule has 0 bridgehead atoms. The number of methoxy groups -OCH3 is 1. The SMILES string of the molecule is COCCS(=O)(=O)c1ccccc1Nc1nccc(Nc2ccc3c(C)n[nH]c3c2)n1. The van der Waals surface area contributed by atoms with Gasteiger partial charge in [0.05, 0.1) is 34.2 Å². The van der Waals surface area contributed by atoms with Gasteiger partial charge in [0.25, 0.3) is 0 Å². The van der Waals surface area contributed by atoms with E-state index >= 15 is 0 Å². The third-order valence-electron chi connectivity index (χ3n) is 4.71. The van der Waals surface area contributed by atoms with Crippen molar-refractivity contribution >= 4 is 43.9 Å². The van der Waals surface area contributed by atoms with Gasteiger partial charge in [0, 0.05) is 24.4 Å². The minimum absolute atomic E-state index is 0.111. The van der Waals surface area contributed by atoms with Crippen molar-refractivity contribution in [2.75, 3.05) is 30.1 Å². The van der Waals surface area contributed by atoms with Gasteiger partial charge in [-0.25, -0.2) is 13.4 Å². The van der Waals surface area contributed by atoms with Crippen LogP contribution in [0.5, 0.6) is 0 Å². The van der Waals surface area contributed by atoms with E-state index in [0.29, 0.717) is 11.5 Å². The van der Waals surface area contributed by atoms with Crippen LogP contribution in [0.4, 0.5) is 23.1 Å². The Kier molecular flexibility index (Phi) is 5.83. The summed E-state index contributed by atoms with van der Waals surface area (Å²) in [4.78, 5) is 8.85. The molecule has 0 atom stereocenters. The van der Waals surface area contributed by atoms with Crippen LogP contribution in [0, 0.1) is 6.92 Å². The molecule has 9 nitrogen and oxygen atoms in total. The zero-order valence-electron chi connectivity index (χ0n) is 17.1. The second-order valence-electron chi connectivity index (χ2n) is 6.89. The summed E-state index contributed by atoms with van der Waals surface area (Å²) in [5, 5.41) is 14.5. The molecule has 0 aliphatic carbocycles. The summed E-state index contributed by atoms with van der Waals surface area (Å²) in [6.07, 6.45) is 1.60. The van der Waals surface area contributed by atoms with Crippen LogP contribution in [0.15, 0.2) is 59.6 Å². The number of ether oxygens (including phenoxy) is 1. The largest absolute Gasteiger partial charge is 0.384 e. The van der Waals surface area contributed by atoms with Crippen molar-refractivity contribution in [2.45, 2.75) is 11.8 Å². The lowest BCUT2D eigenvalue weighted by Crippen LogP contribution is -2.13. The highest BCUT2D eigenvalue weighted by Gasteiger charge is 2.19. The Labute approximate surface area is 179 Å². The number of fused-ring (bicyclic) bond motifs is 1.